The monoisotopic (exact) mass is 438 g/mol. The lowest BCUT2D eigenvalue weighted by Crippen LogP contribution is -2.34. The summed E-state index contributed by atoms with van der Waals surface area (Å²) in [4.78, 5) is 26.5. The third-order valence-corrected chi connectivity index (χ3v) is 5.05. The Morgan fingerprint density at radius 3 is 2.72 bits per heavy atom. The normalized spacial score (nSPS) is 12.0. The van der Waals surface area contributed by atoms with Crippen LogP contribution in [0.3, 0.4) is 0 Å². The fourth-order valence-electron chi connectivity index (χ4n) is 3.70. The number of aryl methyl sites for hydroxylation is 1. The number of pyridine rings is 1. The molecule has 0 fully saturated rings. The number of nitrogens with one attached hydrogen (secondary N) is 2. The summed E-state index contributed by atoms with van der Waals surface area (Å²) in [7, 11) is 5.31. The van der Waals surface area contributed by atoms with Crippen LogP contribution in [0, 0.1) is 5.82 Å². The highest BCUT2D eigenvalue weighted by molar-refractivity contribution is 6.09. The number of fused-ring (bicyclic) bond motifs is 3. The molecule has 0 spiro atoms. The smallest absolute Gasteiger partial charge is 0.415 e. The second-order valence-electron chi connectivity index (χ2n) is 8.85. The van der Waals surface area contributed by atoms with Gasteiger partial charge in [-0.3, -0.25) is 4.90 Å². The predicted octanol–water partition coefficient (Wildman–Crippen LogP) is 4.35. The number of H-pyrrole nitrogens is 1. The highest BCUT2D eigenvalue weighted by Gasteiger charge is 2.25. The van der Waals surface area contributed by atoms with Crippen LogP contribution in [-0.4, -0.2) is 45.3 Å². The number of aromatic nitrogens is 4. The number of hydrogen-bond acceptors (Lipinski definition) is 5. The molecule has 8 nitrogen and oxygen atoms in total. The van der Waals surface area contributed by atoms with E-state index in [0.29, 0.717) is 29.1 Å². The fraction of sp³-hybridized carbons (Fsp3) is 0.348. The molecule has 1 amide bonds. The Balaban J connectivity index is 1.87. The number of nitrogens with zero attached hydrogens (tertiary/aromatic N) is 4. The molecule has 0 atom stereocenters. The molecule has 3 aromatic heterocycles. The number of rotatable bonds is 4. The molecule has 0 radical (unpaired) electrons. The molecule has 0 aliphatic carbocycles. The Labute approximate surface area is 185 Å². The van der Waals surface area contributed by atoms with E-state index in [4.69, 9.17) is 4.74 Å². The highest BCUT2D eigenvalue weighted by atomic mass is 19.1. The van der Waals surface area contributed by atoms with Gasteiger partial charge in [0.2, 0.25) is 0 Å². The van der Waals surface area contributed by atoms with Gasteiger partial charge in [-0.05, 0) is 57.6 Å². The molecule has 0 saturated carbocycles. The third-order valence-electron chi connectivity index (χ3n) is 5.05. The minimum absolute atomic E-state index is 0.310. The van der Waals surface area contributed by atoms with Gasteiger partial charge in [0.25, 0.3) is 0 Å². The Kier molecular flexibility index (Phi) is 5.37. The second-order valence-corrected chi connectivity index (χ2v) is 8.85. The number of halogens is 1. The van der Waals surface area contributed by atoms with Gasteiger partial charge in [-0.2, -0.15) is 0 Å². The van der Waals surface area contributed by atoms with E-state index in [2.05, 4.69) is 20.3 Å². The van der Waals surface area contributed by atoms with Crippen molar-refractivity contribution in [2.45, 2.75) is 32.9 Å². The molecular formula is C23H27FN6O2. The maximum Gasteiger partial charge on any atom is 0.415 e. The molecule has 0 bridgehead atoms. The molecule has 9 heteroatoms. The average molecular weight is 439 g/mol. The van der Waals surface area contributed by atoms with Crippen molar-refractivity contribution in [1.82, 2.24) is 24.8 Å². The summed E-state index contributed by atoms with van der Waals surface area (Å²) in [5.74, 6) is 0.0706. The fourth-order valence-corrected chi connectivity index (χ4v) is 3.70. The lowest BCUT2D eigenvalue weighted by atomic mass is 10.1. The van der Waals surface area contributed by atoms with E-state index in [0.717, 1.165) is 22.2 Å². The number of aromatic amines is 1. The van der Waals surface area contributed by atoms with Crippen LogP contribution in [0.15, 0.2) is 30.6 Å². The number of benzene rings is 1. The highest BCUT2D eigenvalue weighted by Crippen LogP contribution is 2.33. The standard InChI is InChI=1S/C23H27FN6O2/c1-23(2,3)32-22(31)30(6)21-18-19(29(5)12-26-18)16-10-17(27-20(16)28-21)14-7-13(11-25-4)8-15(24)9-14/h7-10,12,25H,11H2,1-6H3,(H,27,28). The summed E-state index contributed by atoms with van der Waals surface area (Å²) < 4.78 is 21.6. The van der Waals surface area contributed by atoms with Gasteiger partial charge in [-0.1, -0.05) is 0 Å². The van der Waals surface area contributed by atoms with Crippen LogP contribution < -0.4 is 10.2 Å². The number of carbonyl (C=O) groups excluding carboxylic acids is 1. The van der Waals surface area contributed by atoms with Gasteiger partial charge in [-0.15, -0.1) is 0 Å². The van der Waals surface area contributed by atoms with Crippen LogP contribution in [0.2, 0.25) is 0 Å². The summed E-state index contributed by atoms with van der Waals surface area (Å²) in [6, 6.07) is 6.85. The molecule has 168 valence electrons. The number of carbonyl (C=O) groups is 1. The van der Waals surface area contributed by atoms with Crippen LogP contribution in [0.1, 0.15) is 26.3 Å². The van der Waals surface area contributed by atoms with E-state index in [-0.39, 0.29) is 5.82 Å². The first-order valence-corrected chi connectivity index (χ1v) is 10.3. The van der Waals surface area contributed by atoms with E-state index in [1.54, 1.807) is 13.4 Å². The summed E-state index contributed by atoms with van der Waals surface area (Å²) in [5, 5.41) is 3.87. The lowest BCUT2D eigenvalue weighted by molar-refractivity contribution is 0.0588. The van der Waals surface area contributed by atoms with E-state index >= 15 is 0 Å². The summed E-state index contributed by atoms with van der Waals surface area (Å²) in [6.45, 7) is 5.99. The molecule has 4 aromatic rings. The SMILES string of the molecule is CNCc1cc(F)cc(-c2cc3c(nc(N(C)C(=O)OC(C)(C)C)c4ncn(C)c43)[nH]2)c1. The zero-order valence-corrected chi connectivity index (χ0v) is 19.1. The first kappa shape index (κ1) is 21.8. The Hall–Kier alpha value is -3.46. The van der Waals surface area contributed by atoms with Crippen molar-refractivity contribution in [2.75, 3.05) is 19.0 Å². The van der Waals surface area contributed by atoms with E-state index in [9.17, 15) is 9.18 Å². The van der Waals surface area contributed by atoms with E-state index in [1.165, 1.54) is 17.0 Å². The zero-order chi connectivity index (χ0) is 23.2. The van der Waals surface area contributed by atoms with Crippen molar-refractivity contribution in [3.05, 3.63) is 42.0 Å². The van der Waals surface area contributed by atoms with Crippen LogP contribution in [-0.2, 0) is 18.3 Å². The minimum atomic E-state index is -0.638. The molecular weight excluding hydrogens is 411 g/mol. The number of ether oxygens (including phenoxy) is 1. The second kappa shape index (κ2) is 7.90. The first-order valence-electron chi connectivity index (χ1n) is 10.3. The van der Waals surface area contributed by atoms with Gasteiger partial charge in [0, 0.05) is 37.3 Å². The van der Waals surface area contributed by atoms with Gasteiger partial charge < -0.3 is 19.6 Å². The summed E-state index contributed by atoms with van der Waals surface area (Å²) in [6.07, 6.45) is 1.16. The Morgan fingerprint density at radius 1 is 1.28 bits per heavy atom. The van der Waals surface area contributed by atoms with Crippen LogP contribution in [0.4, 0.5) is 15.0 Å². The zero-order valence-electron chi connectivity index (χ0n) is 19.1. The van der Waals surface area contributed by atoms with Crippen molar-refractivity contribution in [2.24, 2.45) is 7.05 Å². The van der Waals surface area contributed by atoms with E-state index in [1.807, 2.05) is 51.6 Å². The van der Waals surface area contributed by atoms with Gasteiger partial charge in [0.15, 0.2) is 5.82 Å². The molecule has 32 heavy (non-hydrogen) atoms. The molecule has 2 N–H and O–H groups in total. The molecule has 0 aliphatic rings. The van der Waals surface area contributed by atoms with Gasteiger partial charge in [0.1, 0.15) is 22.6 Å². The topological polar surface area (TPSA) is 88.1 Å². The number of imidazole rings is 1. The van der Waals surface area contributed by atoms with Crippen molar-refractivity contribution in [3.63, 3.8) is 0 Å². The molecule has 1 aromatic carbocycles. The van der Waals surface area contributed by atoms with Crippen molar-refractivity contribution in [1.29, 1.82) is 0 Å². The summed E-state index contributed by atoms with van der Waals surface area (Å²) in [5.41, 5.74) is 3.60. The van der Waals surface area contributed by atoms with Gasteiger partial charge in [-0.25, -0.2) is 19.2 Å². The molecule has 0 saturated heterocycles. The van der Waals surface area contributed by atoms with Gasteiger partial charge in [0.05, 0.1) is 11.8 Å². The van der Waals surface area contributed by atoms with Gasteiger partial charge >= 0.3 is 6.09 Å². The number of anilines is 1. The predicted molar refractivity (Wildman–Crippen MR) is 123 cm³/mol. The van der Waals surface area contributed by atoms with Crippen molar-refractivity contribution >= 4 is 34.0 Å². The van der Waals surface area contributed by atoms with Crippen molar-refractivity contribution in [3.8, 4) is 11.3 Å². The van der Waals surface area contributed by atoms with Crippen LogP contribution in [0.25, 0.3) is 33.3 Å². The van der Waals surface area contributed by atoms with Crippen LogP contribution >= 0.6 is 0 Å². The minimum Gasteiger partial charge on any atom is -0.443 e. The number of amides is 1. The first-order chi connectivity index (χ1) is 15.1. The molecule has 4 rings (SSSR count). The quantitative estimate of drug-likeness (QED) is 0.495. The Morgan fingerprint density at radius 2 is 2.03 bits per heavy atom. The average Bonchev–Trinajstić information content (AvgIpc) is 3.29. The lowest BCUT2D eigenvalue weighted by Gasteiger charge is -2.24. The molecule has 0 unspecified atom stereocenters. The number of hydrogen-bond donors (Lipinski definition) is 2. The maximum absolute atomic E-state index is 14.2. The van der Waals surface area contributed by atoms with E-state index < -0.39 is 11.7 Å². The largest absolute Gasteiger partial charge is 0.443 e. The van der Waals surface area contributed by atoms with Crippen LogP contribution in [0.5, 0.6) is 0 Å². The maximum atomic E-state index is 14.2. The third kappa shape index (κ3) is 4.03. The van der Waals surface area contributed by atoms with Crippen molar-refractivity contribution < 1.29 is 13.9 Å². The molecule has 0 aliphatic heterocycles. The molecule has 3 heterocycles. The summed E-state index contributed by atoms with van der Waals surface area (Å²) >= 11 is 0. The Bertz CT molecular complexity index is 1320.